The predicted octanol–water partition coefficient (Wildman–Crippen LogP) is 5.78. The monoisotopic (exact) mass is 489 g/mol. The van der Waals surface area contributed by atoms with E-state index in [4.69, 9.17) is 16.3 Å². The average molecular weight is 490 g/mol. The second-order valence-electron chi connectivity index (χ2n) is 7.90. The molecule has 0 spiro atoms. The summed E-state index contributed by atoms with van der Waals surface area (Å²) in [6.07, 6.45) is 0.102. The SMILES string of the molecule is CC(C)Oc1cc(-c2ccc(CCNC[C@H](O)c3cccc(Cl)c3)cc2)ccc1C(=O)O.Cl. The maximum Gasteiger partial charge on any atom is 0.339 e. The fourth-order valence-corrected chi connectivity index (χ4v) is 3.60. The molecule has 0 aromatic heterocycles. The van der Waals surface area contributed by atoms with Gasteiger partial charge in [0.25, 0.3) is 0 Å². The van der Waals surface area contributed by atoms with Gasteiger partial charge in [-0.25, -0.2) is 4.79 Å². The lowest BCUT2D eigenvalue weighted by Gasteiger charge is -2.14. The zero-order valence-electron chi connectivity index (χ0n) is 18.6. The lowest BCUT2D eigenvalue weighted by Crippen LogP contribution is -2.23. The molecular formula is C26H29Cl2NO4. The van der Waals surface area contributed by atoms with E-state index in [9.17, 15) is 15.0 Å². The minimum atomic E-state index is -1.00. The number of aromatic carboxylic acids is 1. The van der Waals surface area contributed by atoms with Crippen molar-refractivity contribution in [2.75, 3.05) is 13.1 Å². The topological polar surface area (TPSA) is 78.8 Å². The first kappa shape index (κ1) is 26.7. The molecule has 0 aliphatic rings. The van der Waals surface area contributed by atoms with Gasteiger partial charge >= 0.3 is 5.97 Å². The minimum absolute atomic E-state index is 0. The third kappa shape index (κ3) is 7.76. The number of hydrogen-bond acceptors (Lipinski definition) is 4. The third-order valence-corrected chi connectivity index (χ3v) is 5.26. The average Bonchev–Trinajstić information content (AvgIpc) is 2.76. The zero-order chi connectivity index (χ0) is 23.1. The molecule has 0 radical (unpaired) electrons. The van der Waals surface area contributed by atoms with Crippen LogP contribution in [0.1, 0.15) is 41.4 Å². The predicted molar refractivity (Wildman–Crippen MR) is 135 cm³/mol. The highest BCUT2D eigenvalue weighted by molar-refractivity contribution is 6.30. The fraction of sp³-hybridized carbons (Fsp3) is 0.269. The van der Waals surface area contributed by atoms with Gasteiger partial charge in [-0.1, -0.05) is 54.1 Å². The number of benzene rings is 3. The molecule has 0 fully saturated rings. The van der Waals surface area contributed by atoms with Crippen LogP contribution in [0.2, 0.25) is 5.02 Å². The van der Waals surface area contributed by atoms with E-state index in [2.05, 4.69) is 17.4 Å². The van der Waals surface area contributed by atoms with E-state index in [1.54, 1.807) is 30.3 Å². The van der Waals surface area contributed by atoms with Crippen LogP contribution in [0.5, 0.6) is 5.75 Å². The van der Waals surface area contributed by atoms with Crippen LogP contribution in [-0.2, 0) is 6.42 Å². The van der Waals surface area contributed by atoms with Crippen LogP contribution in [0.4, 0.5) is 0 Å². The van der Waals surface area contributed by atoms with Crippen molar-refractivity contribution >= 4 is 30.0 Å². The van der Waals surface area contributed by atoms with E-state index in [1.807, 2.05) is 38.1 Å². The summed E-state index contributed by atoms with van der Waals surface area (Å²) in [6.45, 7) is 4.92. The van der Waals surface area contributed by atoms with Gasteiger partial charge in [-0.3, -0.25) is 0 Å². The molecule has 0 bridgehead atoms. The van der Waals surface area contributed by atoms with Crippen molar-refractivity contribution in [2.45, 2.75) is 32.5 Å². The molecule has 0 aliphatic heterocycles. The van der Waals surface area contributed by atoms with Gasteiger partial charge in [-0.15, -0.1) is 12.4 Å². The highest BCUT2D eigenvalue weighted by Crippen LogP contribution is 2.28. The summed E-state index contributed by atoms with van der Waals surface area (Å²) >= 11 is 5.97. The Morgan fingerprint density at radius 2 is 1.73 bits per heavy atom. The highest BCUT2D eigenvalue weighted by atomic mass is 35.5. The second-order valence-corrected chi connectivity index (χ2v) is 8.34. The Morgan fingerprint density at radius 3 is 2.36 bits per heavy atom. The van der Waals surface area contributed by atoms with Crippen LogP contribution in [0, 0.1) is 0 Å². The molecular weight excluding hydrogens is 461 g/mol. The number of carboxylic acids is 1. The van der Waals surface area contributed by atoms with Gasteiger partial charge in [0, 0.05) is 11.6 Å². The Kier molecular flexibility index (Phi) is 10.2. The molecule has 0 saturated heterocycles. The Morgan fingerprint density at radius 1 is 1.03 bits per heavy atom. The lowest BCUT2D eigenvalue weighted by molar-refractivity contribution is 0.0690. The van der Waals surface area contributed by atoms with Gasteiger partial charge in [0.1, 0.15) is 11.3 Å². The number of carbonyl (C=O) groups is 1. The smallest absolute Gasteiger partial charge is 0.339 e. The minimum Gasteiger partial charge on any atom is -0.490 e. The van der Waals surface area contributed by atoms with E-state index < -0.39 is 12.1 Å². The molecule has 0 unspecified atom stereocenters. The van der Waals surface area contributed by atoms with Crippen LogP contribution in [-0.4, -0.2) is 35.4 Å². The van der Waals surface area contributed by atoms with Crippen molar-refractivity contribution < 1.29 is 19.7 Å². The van der Waals surface area contributed by atoms with E-state index in [0.29, 0.717) is 17.3 Å². The van der Waals surface area contributed by atoms with Crippen molar-refractivity contribution in [1.82, 2.24) is 5.32 Å². The largest absolute Gasteiger partial charge is 0.490 e. The molecule has 176 valence electrons. The van der Waals surface area contributed by atoms with Crippen molar-refractivity contribution in [3.05, 3.63) is 88.4 Å². The number of hydrogen-bond donors (Lipinski definition) is 3. The fourth-order valence-electron chi connectivity index (χ4n) is 3.40. The molecule has 0 aliphatic carbocycles. The Hall–Kier alpha value is -2.57. The highest BCUT2D eigenvalue weighted by Gasteiger charge is 2.14. The summed E-state index contributed by atoms with van der Waals surface area (Å²) in [5.41, 5.74) is 4.01. The van der Waals surface area contributed by atoms with Crippen LogP contribution >= 0.6 is 24.0 Å². The van der Waals surface area contributed by atoms with Gasteiger partial charge in [0.15, 0.2) is 0 Å². The third-order valence-electron chi connectivity index (χ3n) is 5.02. The number of carboxylic acid groups (broad SMARTS) is 1. The summed E-state index contributed by atoms with van der Waals surface area (Å²) in [7, 11) is 0. The summed E-state index contributed by atoms with van der Waals surface area (Å²) < 4.78 is 5.70. The van der Waals surface area contributed by atoms with Crippen LogP contribution in [0.15, 0.2) is 66.7 Å². The van der Waals surface area contributed by atoms with Gasteiger partial charge < -0.3 is 20.3 Å². The van der Waals surface area contributed by atoms with Gasteiger partial charge in [-0.05, 0) is 73.3 Å². The van der Waals surface area contributed by atoms with Crippen molar-refractivity contribution in [2.24, 2.45) is 0 Å². The maximum atomic E-state index is 11.5. The summed E-state index contributed by atoms with van der Waals surface area (Å²) in [6, 6.07) is 20.5. The number of halogens is 2. The molecule has 1 atom stereocenters. The molecule has 3 aromatic rings. The standard InChI is InChI=1S/C26H28ClNO4.ClH/c1-17(2)32-25-15-20(10-11-23(25)26(30)31)19-8-6-18(7-9-19)12-13-28-16-24(29)21-4-3-5-22(27)14-21;/h3-11,14-15,17,24,28-29H,12-13,16H2,1-2H3,(H,30,31);1H/t24-;/m0./s1. The molecule has 3 rings (SSSR count). The van der Waals surface area contributed by atoms with E-state index in [1.165, 1.54) is 5.56 Å². The van der Waals surface area contributed by atoms with Crippen LogP contribution < -0.4 is 10.1 Å². The number of aliphatic hydroxyl groups excluding tert-OH is 1. The molecule has 3 N–H and O–H groups in total. The molecule has 3 aromatic carbocycles. The molecule has 0 amide bonds. The molecule has 33 heavy (non-hydrogen) atoms. The quantitative estimate of drug-likeness (QED) is 0.314. The van der Waals surface area contributed by atoms with E-state index in [-0.39, 0.29) is 24.1 Å². The van der Waals surface area contributed by atoms with Crippen LogP contribution in [0.3, 0.4) is 0 Å². The lowest BCUT2D eigenvalue weighted by atomic mass is 10.0. The molecule has 0 saturated carbocycles. The van der Waals surface area contributed by atoms with E-state index in [0.717, 1.165) is 29.7 Å². The second kappa shape index (κ2) is 12.6. The Labute approximate surface area is 205 Å². The van der Waals surface area contributed by atoms with Gasteiger partial charge in [-0.2, -0.15) is 0 Å². The van der Waals surface area contributed by atoms with Crippen molar-refractivity contribution in [3.63, 3.8) is 0 Å². The molecule has 5 nitrogen and oxygen atoms in total. The summed E-state index contributed by atoms with van der Waals surface area (Å²) in [4.78, 5) is 11.5. The van der Waals surface area contributed by atoms with Crippen LogP contribution in [0.25, 0.3) is 11.1 Å². The number of ether oxygens (including phenoxy) is 1. The van der Waals surface area contributed by atoms with E-state index >= 15 is 0 Å². The zero-order valence-corrected chi connectivity index (χ0v) is 20.2. The van der Waals surface area contributed by atoms with Crippen molar-refractivity contribution in [3.8, 4) is 16.9 Å². The maximum absolute atomic E-state index is 11.5. The van der Waals surface area contributed by atoms with Gasteiger partial charge in [0.2, 0.25) is 0 Å². The molecule has 0 heterocycles. The first-order valence-electron chi connectivity index (χ1n) is 10.6. The number of nitrogens with one attached hydrogen (secondary N) is 1. The Bertz CT molecular complexity index is 1050. The van der Waals surface area contributed by atoms with Crippen molar-refractivity contribution in [1.29, 1.82) is 0 Å². The first-order valence-corrected chi connectivity index (χ1v) is 11.0. The first-order chi connectivity index (χ1) is 15.3. The molecule has 7 heteroatoms. The number of rotatable bonds is 10. The number of aliphatic hydroxyl groups is 1. The van der Waals surface area contributed by atoms with Gasteiger partial charge in [0.05, 0.1) is 12.2 Å². The summed E-state index contributed by atoms with van der Waals surface area (Å²) in [5.74, 6) is -0.632. The Balaban J connectivity index is 0.00000385. The normalized spacial score (nSPS) is 11.7. The summed E-state index contributed by atoms with van der Waals surface area (Å²) in [5, 5.41) is 23.5.